The van der Waals surface area contributed by atoms with Crippen LogP contribution in [-0.2, 0) is 0 Å². The zero-order chi connectivity index (χ0) is 20.5. The number of likely N-dealkylation sites (N-methyl/N-ethyl adjacent to an activating group) is 1. The molecular weight excluding hydrogens is 371 g/mol. The number of rotatable bonds is 6. The average molecular weight is 395 g/mol. The molecule has 0 aliphatic carbocycles. The van der Waals surface area contributed by atoms with E-state index in [-0.39, 0.29) is 17.1 Å². The molecule has 29 heavy (non-hydrogen) atoms. The molecule has 0 saturated carbocycles. The second-order valence-electron chi connectivity index (χ2n) is 7.33. The fourth-order valence-electron chi connectivity index (χ4n) is 4.10. The van der Waals surface area contributed by atoms with Crippen LogP contribution in [-0.4, -0.2) is 37.0 Å². The second kappa shape index (κ2) is 7.79. The maximum atomic E-state index is 14.0. The fourth-order valence-corrected chi connectivity index (χ4v) is 4.10. The third-order valence-corrected chi connectivity index (χ3v) is 5.74. The van der Waals surface area contributed by atoms with Gasteiger partial charge in [-0.2, -0.15) is 0 Å². The summed E-state index contributed by atoms with van der Waals surface area (Å²) in [4.78, 5) is 29.5. The van der Waals surface area contributed by atoms with E-state index in [0.717, 1.165) is 19.6 Å². The minimum atomic E-state index is -0.649. The Morgan fingerprint density at radius 1 is 1.07 bits per heavy atom. The van der Waals surface area contributed by atoms with Crippen molar-refractivity contribution in [2.45, 2.75) is 19.9 Å². The molecule has 1 atom stereocenters. The molecule has 5 nitrogen and oxygen atoms in total. The predicted octanol–water partition coefficient (Wildman–Crippen LogP) is 2.40. The van der Waals surface area contributed by atoms with Crippen molar-refractivity contribution in [1.82, 2.24) is 4.90 Å². The molecule has 1 amide bonds. The Labute approximate surface area is 168 Å². The summed E-state index contributed by atoms with van der Waals surface area (Å²) in [5.74, 6) is -0.649. The molecular formula is C23H24FN2O3+. The standard InChI is InChI=1S/C23H23FN2O3/c1-3-25(4-2)12-13-26-20(15-8-7-9-16(24)14-15)19-21(27)17-10-5-6-11-18(17)29-22(19)23(26)28/h5-11,14,20H,3-4,12-13H2,1-2H3/p+1/t20-/m1/s1. The monoisotopic (exact) mass is 395 g/mol. The van der Waals surface area contributed by atoms with E-state index in [2.05, 4.69) is 13.8 Å². The molecule has 1 N–H and O–H groups in total. The highest BCUT2D eigenvalue weighted by Crippen LogP contribution is 2.37. The number of carbonyl (C=O) groups is 1. The molecule has 0 fully saturated rings. The SMILES string of the molecule is CC[NH+](CC)CCN1C(=O)c2oc3ccccc3c(=O)c2[C@H]1c1cccc(F)c1. The molecule has 150 valence electrons. The fraction of sp³-hybridized carbons (Fsp3) is 0.304. The number of amides is 1. The van der Waals surface area contributed by atoms with E-state index in [1.807, 2.05) is 0 Å². The quantitative estimate of drug-likeness (QED) is 0.697. The number of carbonyl (C=O) groups excluding carboxylic acids is 1. The number of para-hydroxylation sites is 1. The maximum Gasteiger partial charge on any atom is 0.291 e. The summed E-state index contributed by atoms with van der Waals surface area (Å²) in [6, 6.07) is 12.4. The molecule has 0 radical (unpaired) electrons. The van der Waals surface area contributed by atoms with Crippen LogP contribution in [0.2, 0.25) is 0 Å². The van der Waals surface area contributed by atoms with Crippen molar-refractivity contribution >= 4 is 16.9 Å². The van der Waals surface area contributed by atoms with Gasteiger partial charge in [0.2, 0.25) is 5.76 Å². The Balaban J connectivity index is 1.87. The van der Waals surface area contributed by atoms with Crippen molar-refractivity contribution in [2.75, 3.05) is 26.2 Å². The van der Waals surface area contributed by atoms with Crippen LogP contribution in [0.3, 0.4) is 0 Å². The van der Waals surface area contributed by atoms with Gasteiger partial charge in [0.1, 0.15) is 11.4 Å². The van der Waals surface area contributed by atoms with Crippen LogP contribution in [0.4, 0.5) is 4.39 Å². The largest absolute Gasteiger partial charge is 0.450 e. The first-order valence-electron chi connectivity index (χ1n) is 10.0. The summed E-state index contributed by atoms with van der Waals surface area (Å²) >= 11 is 0. The zero-order valence-electron chi connectivity index (χ0n) is 16.6. The van der Waals surface area contributed by atoms with E-state index in [0.29, 0.717) is 28.6 Å². The highest BCUT2D eigenvalue weighted by Gasteiger charge is 2.43. The summed E-state index contributed by atoms with van der Waals surface area (Å²) in [5.41, 5.74) is 1.03. The number of hydrogen-bond acceptors (Lipinski definition) is 3. The molecule has 0 unspecified atom stereocenters. The van der Waals surface area contributed by atoms with Gasteiger partial charge in [-0.3, -0.25) is 9.59 Å². The number of quaternary nitrogens is 1. The number of halogens is 1. The van der Waals surface area contributed by atoms with Crippen LogP contribution >= 0.6 is 0 Å². The average Bonchev–Trinajstić information content (AvgIpc) is 3.01. The Kier molecular flexibility index (Phi) is 5.20. The third kappa shape index (κ3) is 3.34. The van der Waals surface area contributed by atoms with Crippen molar-refractivity contribution in [3.63, 3.8) is 0 Å². The smallest absolute Gasteiger partial charge is 0.291 e. The predicted molar refractivity (Wildman–Crippen MR) is 109 cm³/mol. The van der Waals surface area contributed by atoms with Crippen molar-refractivity contribution in [3.05, 3.63) is 81.5 Å². The van der Waals surface area contributed by atoms with Crippen LogP contribution in [0.1, 0.15) is 41.6 Å². The topological polar surface area (TPSA) is 55.0 Å². The molecule has 1 aliphatic rings. The normalized spacial score (nSPS) is 16.1. The van der Waals surface area contributed by atoms with Crippen LogP contribution in [0.25, 0.3) is 11.0 Å². The molecule has 1 aliphatic heterocycles. The van der Waals surface area contributed by atoms with Gasteiger partial charge in [0.15, 0.2) is 5.43 Å². The van der Waals surface area contributed by atoms with Gasteiger partial charge < -0.3 is 14.2 Å². The van der Waals surface area contributed by atoms with Gasteiger partial charge in [-0.05, 0) is 43.7 Å². The minimum absolute atomic E-state index is 0.0671. The molecule has 1 aromatic heterocycles. The highest BCUT2D eigenvalue weighted by atomic mass is 19.1. The van der Waals surface area contributed by atoms with Crippen molar-refractivity contribution in [2.24, 2.45) is 0 Å². The summed E-state index contributed by atoms with van der Waals surface area (Å²) in [6.45, 7) is 7.28. The number of hydrogen-bond donors (Lipinski definition) is 1. The van der Waals surface area contributed by atoms with Gasteiger partial charge in [0.25, 0.3) is 5.91 Å². The number of fused-ring (bicyclic) bond motifs is 2. The van der Waals surface area contributed by atoms with Crippen LogP contribution in [0.5, 0.6) is 0 Å². The lowest BCUT2D eigenvalue weighted by atomic mass is 9.98. The molecule has 3 aromatic rings. The van der Waals surface area contributed by atoms with E-state index in [1.165, 1.54) is 17.0 Å². The van der Waals surface area contributed by atoms with E-state index in [9.17, 15) is 14.0 Å². The Morgan fingerprint density at radius 3 is 2.55 bits per heavy atom. The van der Waals surface area contributed by atoms with Gasteiger partial charge in [0.05, 0.1) is 43.2 Å². The first-order chi connectivity index (χ1) is 14.0. The van der Waals surface area contributed by atoms with Crippen molar-refractivity contribution < 1.29 is 18.5 Å². The van der Waals surface area contributed by atoms with Gasteiger partial charge in [0, 0.05) is 0 Å². The minimum Gasteiger partial charge on any atom is -0.450 e. The number of nitrogens with one attached hydrogen (secondary N) is 1. The summed E-state index contributed by atoms with van der Waals surface area (Å²) in [6.07, 6.45) is 0. The second-order valence-corrected chi connectivity index (χ2v) is 7.33. The van der Waals surface area contributed by atoms with E-state index >= 15 is 0 Å². The first-order valence-corrected chi connectivity index (χ1v) is 10.0. The van der Waals surface area contributed by atoms with Crippen LogP contribution in [0.15, 0.2) is 57.7 Å². The van der Waals surface area contributed by atoms with E-state index in [4.69, 9.17) is 4.42 Å². The lowest BCUT2D eigenvalue weighted by Crippen LogP contribution is -3.12. The van der Waals surface area contributed by atoms with Crippen LogP contribution < -0.4 is 10.3 Å². The lowest BCUT2D eigenvalue weighted by molar-refractivity contribution is -0.895. The molecule has 2 heterocycles. The first kappa shape index (κ1) is 19.3. The highest BCUT2D eigenvalue weighted by molar-refractivity contribution is 5.99. The summed E-state index contributed by atoms with van der Waals surface area (Å²) in [7, 11) is 0. The van der Waals surface area contributed by atoms with E-state index < -0.39 is 11.9 Å². The van der Waals surface area contributed by atoms with Crippen molar-refractivity contribution in [1.29, 1.82) is 0 Å². The molecule has 0 bridgehead atoms. The molecule has 0 spiro atoms. The Bertz CT molecular complexity index is 1120. The summed E-state index contributed by atoms with van der Waals surface area (Å²) in [5, 5.41) is 0.427. The van der Waals surface area contributed by atoms with Crippen molar-refractivity contribution in [3.8, 4) is 0 Å². The van der Waals surface area contributed by atoms with Gasteiger partial charge in [-0.15, -0.1) is 0 Å². The van der Waals surface area contributed by atoms with Gasteiger partial charge in [-0.25, -0.2) is 4.39 Å². The van der Waals surface area contributed by atoms with Gasteiger partial charge >= 0.3 is 0 Å². The molecule has 0 saturated heterocycles. The lowest BCUT2D eigenvalue weighted by Gasteiger charge is -2.26. The summed E-state index contributed by atoms with van der Waals surface area (Å²) < 4.78 is 19.9. The molecule has 4 rings (SSSR count). The maximum absolute atomic E-state index is 14.0. The van der Waals surface area contributed by atoms with Crippen LogP contribution in [0, 0.1) is 5.82 Å². The third-order valence-electron chi connectivity index (χ3n) is 5.74. The number of nitrogens with zero attached hydrogens (tertiary/aromatic N) is 1. The molecule has 2 aromatic carbocycles. The Morgan fingerprint density at radius 2 is 1.83 bits per heavy atom. The molecule has 6 heteroatoms. The Hall–Kier alpha value is -2.99. The number of benzene rings is 2. The zero-order valence-corrected chi connectivity index (χ0v) is 16.6. The van der Waals surface area contributed by atoms with E-state index in [1.54, 1.807) is 41.3 Å². The van der Waals surface area contributed by atoms with Gasteiger partial charge in [-0.1, -0.05) is 24.3 Å².